The van der Waals surface area contributed by atoms with E-state index in [1.54, 1.807) is 0 Å². The number of fused-ring (bicyclic) bond motifs is 6. The zero-order chi connectivity index (χ0) is 40.7. The highest BCUT2D eigenvalue weighted by Crippen LogP contribution is 2.46. The van der Waals surface area contributed by atoms with Crippen molar-refractivity contribution in [2.24, 2.45) is 0 Å². The number of nitrogens with zero attached hydrogens (tertiary/aromatic N) is 2. The lowest BCUT2D eigenvalue weighted by Crippen LogP contribution is -2.33. The van der Waals surface area contributed by atoms with Crippen LogP contribution in [0.4, 0.5) is 0 Å². The normalized spacial score (nSPS) is 14.6. The van der Waals surface area contributed by atoms with Crippen molar-refractivity contribution in [1.29, 1.82) is 0 Å². The predicted molar refractivity (Wildman–Crippen MR) is 262 cm³/mol. The van der Waals surface area contributed by atoms with Crippen LogP contribution in [0, 0.1) is 0 Å². The Balaban J connectivity index is 0.732. The first-order valence-electron chi connectivity index (χ1n) is 22.5. The summed E-state index contributed by atoms with van der Waals surface area (Å²) in [5.41, 5.74) is 8.62. The summed E-state index contributed by atoms with van der Waals surface area (Å²) in [6.45, 7) is 9.57. The van der Waals surface area contributed by atoms with Gasteiger partial charge in [0.1, 0.15) is 0 Å². The van der Waals surface area contributed by atoms with Crippen molar-refractivity contribution in [3.8, 4) is 0 Å². The summed E-state index contributed by atoms with van der Waals surface area (Å²) >= 11 is 0. The van der Waals surface area contributed by atoms with E-state index in [0.29, 0.717) is 0 Å². The molecular formula is C58H48N4. The highest BCUT2D eigenvalue weighted by atomic mass is 15.1. The molecule has 0 aromatic heterocycles. The average molecular weight is 801 g/mol. The van der Waals surface area contributed by atoms with Crippen LogP contribution in [-0.4, -0.2) is 36.0 Å². The molecule has 0 saturated heterocycles. The molecule has 4 heteroatoms. The van der Waals surface area contributed by atoms with Crippen LogP contribution in [0.3, 0.4) is 0 Å². The molecule has 11 aromatic carbocycles. The van der Waals surface area contributed by atoms with E-state index in [1.165, 1.54) is 120 Å². The average Bonchev–Trinajstić information content (AvgIpc) is 3.32. The lowest BCUT2D eigenvalue weighted by Gasteiger charge is -2.32. The predicted octanol–water partition coefficient (Wildman–Crippen LogP) is 12.6. The van der Waals surface area contributed by atoms with Crippen LogP contribution in [0.2, 0.25) is 0 Å². The molecule has 11 aromatic rings. The molecule has 2 aliphatic heterocycles. The van der Waals surface area contributed by atoms with Gasteiger partial charge in [0.05, 0.1) is 0 Å². The van der Waals surface area contributed by atoms with Crippen LogP contribution in [0.1, 0.15) is 33.4 Å². The van der Waals surface area contributed by atoms with Crippen LogP contribution in [0.5, 0.6) is 0 Å². The molecule has 0 saturated carbocycles. The Bertz CT molecular complexity index is 3120. The molecule has 0 bridgehead atoms. The zero-order valence-electron chi connectivity index (χ0n) is 35.0. The van der Waals surface area contributed by atoms with E-state index in [0.717, 1.165) is 65.4 Å². The summed E-state index contributed by atoms with van der Waals surface area (Å²) < 4.78 is 0. The van der Waals surface area contributed by atoms with E-state index < -0.39 is 0 Å². The first kappa shape index (κ1) is 36.3. The van der Waals surface area contributed by atoms with Crippen LogP contribution in [-0.2, 0) is 39.3 Å². The van der Waals surface area contributed by atoms with Crippen molar-refractivity contribution in [1.82, 2.24) is 20.4 Å². The van der Waals surface area contributed by atoms with Crippen molar-refractivity contribution in [3.05, 3.63) is 191 Å². The van der Waals surface area contributed by atoms with Crippen molar-refractivity contribution in [3.63, 3.8) is 0 Å². The van der Waals surface area contributed by atoms with Gasteiger partial charge in [0.25, 0.3) is 0 Å². The van der Waals surface area contributed by atoms with Crippen LogP contribution < -0.4 is 10.6 Å². The number of nitrogens with one attached hydrogen (secondary N) is 2. The topological polar surface area (TPSA) is 30.5 Å². The van der Waals surface area contributed by atoms with Gasteiger partial charge < -0.3 is 10.6 Å². The van der Waals surface area contributed by atoms with E-state index in [1.807, 2.05) is 0 Å². The van der Waals surface area contributed by atoms with Gasteiger partial charge in [-0.3, -0.25) is 9.80 Å². The number of benzene rings is 11. The van der Waals surface area contributed by atoms with Crippen molar-refractivity contribution in [2.45, 2.75) is 39.3 Å². The fourth-order valence-electron chi connectivity index (χ4n) is 11.6. The Kier molecular flexibility index (Phi) is 8.55. The molecule has 0 unspecified atom stereocenters. The fourth-order valence-corrected chi connectivity index (χ4v) is 11.6. The first-order valence-corrected chi connectivity index (χ1v) is 22.5. The second kappa shape index (κ2) is 14.6. The molecule has 0 amide bonds. The lowest BCUT2D eigenvalue weighted by molar-refractivity contribution is 0.252. The maximum Gasteiger partial charge on any atom is 0.0244 e. The molecule has 0 atom stereocenters. The third-order valence-corrected chi connectivity index (χ3v) is 14.4. The fraction of sp³-hybridized carbons (Fsp3) is 0.172. The Morgan fingerprint density at radius 3 is 0.952 bits per heavy atom. The van der Waals surface area contributed by atoms with Gasteiger partial charge in [-0.15, -0.1) is 0 Å². The summed E-state index contributed by atoms with van der Waals surface area (Å²) in [4.78, 5) is 5.26. The smallest absolute Gasteiger partial charge is 0.0244 e. The minimum atomic E-state index is 0.864. The van der Waals surface area contributed by atoms with E-state index in [9.17, 15) is 0 Å². The SMILES string of the molecule is c1ccc2c(CNCCN3Cc4ccc5c6ccc7c8c(ccc(c9ccc(c4c59)C3)c86)CN(CCNCc3c4ccccc4cc4ccccc34)C7)c3ccccc3cc2c1. The van der Waals surface area contributed by atoms with Crippen LogP contribution in [0.25, 0.3) is 86.2 Å². The van der Waals surface area contributed by atoms with E-state index >= 15 is 0 Å². The quantitative estimate of drug-likeness (QED) is 0.0819. The monoisotopic (exact) mass is 800 g/mol. The van der Waals surface area contributed by atoms with Crippen molar-refractivity contribution >= 4 is 86.2 Å². The minimum absolute atomic E-state index is 0.864. The highest BCUT2D eigenvalue weighted by molar-refractivity contribution is 6.34. The van der Waals surface area contributed by atoms with Gasteiger partial charge in [0, 0.05) is 65.4 Å². The maximum absolute atomic E-state index is 3.84. The van der Waals surface area contributed by atoms with E-state index in [4.69, 9.17) is 0 Å². The second-order valence-electron chi connectivity index (χ2n) is 18.0. The minimum Gasteiger partial charge on any atom is -0.311 e. The molecular weight excluding hydrogens is 753 g/mol. The maximum atomic E-state index is 3.84. The largest absolute Gasteiger partial charge is 0.311 e. The van der Waals surface area contributed by atoms with Gasteiger partial charge in [-0.25, -0.2) is 0 Å². The van der Waals surface area contributed by atoms with Crippen LogP contribution >= 0.6 is 0 Å². The van der Waals surface area contributed by atoms with Crippen molar-refractivity contribution in [2.75, 3.05) is 26.2 Å². The first-order chi connectivity index (χ1) is 30.7. The Morgan fingerprint density at radius 2 is 0.629 bits per heavy atom. The third-order valence-electron chi connectivity index (χ3n) is 14.4. The summed E-state index contributed by atoms with van der Waals surface area (Å²) in [6, 6.07) is 59.4. The number of hydrogen-bond acceptors (Lipinski definition) is 4. The van der Waals surface area contributed by atoms with E-state index in [2.05, 4.69) is 178 Å². The molecule has 62 heavy (non-hydrogen) atoms. The number of hydrogen-bond donors (Lipinski definition) is 2. The van der Waals surface area contributed by atoms with Gasteiger partial charge >= 0.3 is 0 Å². The Labute approximate surface area is 361 Å². The standard InChI is InChI=1S/C58H48N4/c1-5-13-45-37(9-1)29-38-10-2-6-14-46(38)53(45)31-59-25-27-61-33-41-17-21-49-51-23-19-43-35-62(28-26-60-32-54-47-15-7-3-11-39(47)30-40-12-4-8-16-48(40)54)36-44-20-24-52(58(51)56(43)44)50-22-18-42(34-61)55(41)57(49)50/h1-24,29-30,59-60H,25-28,31-36H2. The zero-order valence-corrected chi connectivity index (χ0v) is 35.0. The molecule has 4 nitrogen and oxygen atoms in total. The highest BCUT2D eigenvalue weighted by Gasteiger charge is 2.26. The Hall–Kier alpha value is -6.40. The molecule has 300 valence electrons. The van der Waals surface area contributed by atoms with Crippen LogP contribution in [0.15, 0.2) is 158 Å². The van der Waals surface area contributed by atoms with E-state index in [-0.39, 0.29) is 0 Å². The summed E-state index contributed by atoms with van der Waals surface area (Å²) in [5, 5.41) is 29.8. The molecule has 0 fully saturated rings. The molecule has 2 aliphatic rings. The Morgan fingerprint density at radius 1 is 0.323 bits per heavy atom. The van der Waals surface area contributed by atoms with Gasteiger partial charge in [0.2, 0.25) is 0 Å². The molecule has 2 N–H and O–H groups in total. The molecule has 0 aliphatic carbocycles. The van der Waals surface area contributed by atoms with Crippen molar-refractivity contribution < 1.29 is 0 Å². The summed E-state index contributed by atoms with van der Waals surface area (Å²) in [5.74, 6) is 0. The summed E-state index contributed by atoms with van der Waals surface area (Å²) in [7, 11) is 0. The van der Waals surface area contributed by atoms with Gasteiger partial charge in [-0.2, -0.15) is 0 Å². The number of rotatable bonds is 10. The molecule has 13 rings (SSSR count). The molecule has 2 heterocycles. The van der Waals surface area contributed by atoms with Gasteiger partial charge in [-0.05, 0) is 132 Å². The molecule has 0 radical (unpaired) electrons. The second-order valence-corrected chi connectivity index (χ2v) is 18.0. The molecule has 0 spiro atoms. The van der Waals surface area contributed by atoms with Gasteiger partial charge in [0.15, 0.2) is 0 Å². The lowest BCUT2D eigenvalue weighted by atomic mass is 9.83. The summed E-state index contributed by atoms with van der Waals surface area (Å²) in [6.07, 6.45) is 0. The third kappa shape index (κ3) is 5.82. The van der Waals surface area contributed by atoms with Gasteiger partial charge in [-0.1, -0.05) is 146 Å².